The Bertz CT molecular complexity index is 954. The fraction of sp³-hybridized carbons (Fsp3) is 0.176. The van der Waals surface area contributed by atoms with E-state index >= 15 is 0 Å². The number of aromatic amines is 1. The average molecular weight is 343 g/mol. The van der Waals surface area contributed by atoms with Gasteiger partial charge in [0.25, 0.3) is 11.5 Å². The monoisotopic (exact) mass is 342 g/mol. The summed E-state index contributed by atoms with van der Waals surface area (Å²) in [5.74, 6) is 0.242. The highest BCUT2D eigenvalue weighted by Gasteiger charge is 2.16. The summed E-state index contributed by atoms with van der Waals surface area (Å²) in [5.41, 5.74) is 0.831. The highest BCUT2D eigenvalue weighted by atomic mass is 35.5. The van der Waals surface area contributed by atoms with Crippen molar-refractivity contribution in [3.63, 3.8) is 0 Å². The van der Waals surface area contributed by atoms with E-state index in [2.05, 4.69) is 15.0 Å². The normalized spacial score (nSPS) is 10.8. The van der Waals surface area contributed by atoms with Crippen LogP contribution < -0.4 is 5.56 Å². The second-order valence-corrected chi connectivity index (χ2v) is 5.60. The van der Waals surface area contributed by atoms with Crippen LogP contribution >= 0.6 is 11.6 Å². The minimum absolute atomic E-state index is 0.197. The number of hydrogen-bond donors (Lipinski definition) is 1. The number of H-pyrrole nitrogens is 1. The van der Waals surface area contributed by atoms with Crippen LogP contribution in [0.25, 0.3) is 10.9 Å². The number of pyridine rings is 1. The Kier molecular flexibility index (Phi) is 4.57. The van der Waals surface area contributed by atoms with Crippen LogP contribution in [0, 0.1) is 0 Å². The molecule has 0 saturated carbocycles. The maximum Gasteiger partial charge on any atom is 0.258 e. The Labute approximate surface area is 143 Å². The molecule has 0 aliphatic carbocycles. The molecule has 0 saturated heterocycles. The van der Waals surface area contributed by atoms with Gasteiger partial charge in [-0.3, -0.25) is 9.59 Å². The molecule has 3 rings (SSSR count). The Morgan fingerprint density at radius 1 is 1.29 bits per heavy atom. The smallest absolute Gasteiger partial charge is 0.258 e. The average Bonchev–Trinajstić information content (AvgIpc) is 2.59. The van der Waals surface area contributed by atoms with Gasteiger partial charge in [-0.25, -0.2) is 9.97 Å². The van der Waals surface area contributed by atoms with E-state index in [0.29, 0.717) is 28.8 Å². The third kappa shape index (κ3) is 3.28. The van der Waals surface area contributed by atoms with Gasteiger partial charge in [-0.05, 0) is 31.2 Å². The predicted molar refractivity (Wildman–Crippen MR) is 92.0 cm³/mol. The summed E-state index contributed by atoms with van der Waals surface area (Å²) in [5, 5.41) is 0.783. The van der Waals surface area contributed by atoms with Crippen LogP contribution in [0.5, 0.6) is 0 Å². The van der Waals surface area contributed by atoms with Crippen molar-refractivity contribution in [1.82, 2.24) is 19.9 Å². The standard InChI is InChI=1S/C17H15ClN4O2/c1-2-22(17(24)11-7-8-19-14(18)9-11)10-15-20-13-6-4-3-5-12(13)16(23)21-15/h3-9H,2,10H2,1H3,(H,20,21,23). The molecule has 0 radical (unpaired) electrons. The summed E-state index contributed by atoms with van der Waals surface area (Å²) in [6.07, 6.45) is 1.49. The number of para-hydroxylation sites is 1. The maximum atomic E-state index is 12.6. The molecule has 24 heavy (non-hydrogen) atoms. The molecule has 122 valence electrons. The number of nitrogens with one attached hydrogen (secondary N) is 1. The first kappa shape index (κ1) is 16.1. The van der Waals surface area contributed by atoms with E-state index in [4.69, 9.17) is 11.6 Å². The van der Waals surface area contributed by atoms with E-state index in [0.717, 1.165) is 0 Å². The largest absolute Gasteiger partial charge is 0.331 e. The SMILES string of the molecule is CCN(Cc1nc2ccccc2c(=O)[nH]1)C(=O)c1ccnc(Cl)c1. The van der Waals surface area contributed by atoms with Crippen molar-refractivity contribution >= 4 is 28.4 Å². The van der Waals surface area contributed by atoms with Crippen molar-refractivity contribution in [3.05, 3.63) is 69.5 Å². The molecule has 0 spiro atoms. The summed E-state index contributed by atoms with van der Waals surface area (Å²) in [6, 6.07) is 10.2. The summed E-state index contributed by atoms with van der Waals surface area (Å²) >= 11 is 5.84. The fourth-order valence-corrected chi connectivity index (χ4v) is 2.61. The van der Waals surface area contributed by atoms with E-state index < -0.39 is 0 Å². The Hall–Kier alpha value is -2.73. The molecule has 0 aliphatic rings. The van der Waals surface area contributed by atoms with Crippen molar-refractivity contribution in [2.45, 2.75) is 13.5 Å². The predicted octanol–water partition coefficient (Wildman–Crippen LogP) is 2.63. The molecule has 7 heteroatoms. The first-order valence-corrected chi connectivity index (χ1v) is 7.85. The van der Waals surface area contributed by atoms with Gasteiger partial charge in [0, 0.05) is 18.3 Å². The molecule has 0 fully saturated rings. The number of nitrogens with zero attached hydrogens (tertiary/aromatic N) is 3. The number of amides is 1. The van der Waals surface area contributed by atoms with Crippen molar-refractivity contribution < 1.29 is 4.79 Å². The molecule has 0 bridgehead atoms. The van der Waals surface area contributed by atoms with Gasteiger partial charge in [-0.15, -0.1) is 0 Å². The first-order valence-electron chi connectivity index (χ1n) is 7.47. The molecular weight excluding hydrogens is 328 g/mol. The third-order valence-corrected chi connectivity index (χ3v) is 3.85. The van der Waals surface area contributed by atoms with Gasteiger partial charge in [0.15, 0.2) is 0 Å². The van der Waals surface area contributed by atoms with Crippen molar-refractivity contribution in [2.75, 3.05) is 6.54 Å². The summed E-state index contributed by atoms with van der Waals surface area (Å²) in [4.78, 5) is 37.3. The summed E-state index contributed by atoms with van der Waals surface area (Å²) in [6.45, 7) is 2.53. The highest BCUT2D eigenvalue weighted by Crippen LogP contribution is 2.12. The van der Waals surface area contributed by atoms with E-state index in [1.165, 1.54) is 12.3 Å². The fourth-order valence-electron chi connectivity index (χ4n) is 2.44. The van der Waals surface area contributed by atoms with Gasteiger partial charge in [-0.1, -0.05) is 23.7 Å². The quantitative estimate of drug-likeness (QED) is 0.739. The molecule has 2 aromatic heterocycles. The van der Waals surface area contributed by atoms with Crippen LogP contribution in [0.3, 0.4) is 0 Å². The van der Waals surface area contributed by atoms with Gasteiger partial charge in [0.05, 0.1) is 17.4 Å². The zero-order valence-electron chi connectivity index (χ0n) is 13.0. The van der Waals surface area contributed by atoms with E-state index in [1.54, 1.807) is 29.2 Å². The Morgan fingerprint density at radius 3 is 2.83 bits per heavy atom. The van der Waals surface area contributed by atoms with Crippen LogP contribution in [0.1, 0.15) is 23.1 Å². The molecule has 1 amide bonds. The zero-order chi connectivity index (χ0) is 17.1. The maximum absolute atomic E-state index is 12.6. The number of carbonyl (C=O) groups excluding carboxylic acids is 1. The molecule has 0 aliphatic heterocycles. The summed E-state index contributed by atoms with van der Waals surface area (Å²) in [7, 11) is 0. The molecule has 1 N–H and O–H groups in total. The third-order valence-electron chi connectivity index (χ3n) is 3.64. The van der Waals surface area contributed by atoms with Crippen LogP contribution in [-0.4, -0.2) is 32.3 Å². The number of fused-ring (bicyclic) bond motifs is 1. The number of benzene rings is 1. The Morgan fingerprint density at radius 2 is 2.08 bits per heavy atom. The minimum Gasteiger partial charge on any atom is -0.331 e. The van der Waals surface area contributed by atoms with Gasteiger partial charge in [0.1, 0.15) is 11.0 Å². The molecule has 6 nitrogen and oxygen atoms in total. The molecule has 1 aromatic carbocycles. The van der Waals surface area contributed by atoms with Gasteiger partial charge < -0.3 is 9.88 Å². The second-order valence-electron chi connectivity index (χ2n) is 5.22. The van der Waals surface area contributed by atoms with Gasteiger partial charge in [0.2, 0.25) is 0 Å². The van der Waals surface area contributed by atoms with Crippen LogP contribution in [0.2, 0.25) is 5.15 Å². The molecular formula is C17H15ClN4O2. The molecule has 0 unspecified atom stereocenters. The van der Waals surface area contributed by atoms with Crippen LogP contribution in [0.4, 0.5) is 0 Å². The lowest BCUT2D eigenvalue weighted by atomic mass is 10.2. The number of carbonyl (C=O) groups is 1. The van der Waals surface area contributed by atoms with Gasteiger partial charge >= 0.3 is 0 Å². The highest BCUT2D eigenvalue weighted by molar-refractivity contribution is 6.29. The van der Waals surface area contributed by atoms with E-state index in [1.807, 2.05) is 13.0 Å². The summed E-state index contributed by atoms with van der Waals surface area (Å²) < 4.78 is 0. The minimum atomic E-state index is -0.217. The lowest BCUT2D eigenvalue weighted by Gasteiger charge is -2.20. The zero-order valence-corrected chi connectivity index (χ0v) is 13.7. The molecule has 0 atom stereocenters. The number of halogens is 1. The van der Waals surface area contributed by atoms with Crippen molar-refractivity contribution in [2.24, 2.45) is 0 Å². The van der Waals surface area contributed by atoms with Gasteiger partial charge in [-0.2, -0.15) is 0 Å². The lowest BCUT2D eigenvalue weighted by molar-refractivity contribution is 0.0748. The first-order chi connectivity index (χ1) is 11.6. The Balaban J connectivity index is 1.90. The van der Waals surface area contributed by atoms with E-state index in [-0.39, 0.29) is 23.2 Å². The van der Waals surface area contributed by atoms with Crippen molar-refractivity contribution in [1.29, 1.82) is 0 Å². The van der Waals surface area contributed by atoms with Crippen LogP contribution in [-0.2, 0) is 6.54 Å². The topological polar surface area (TPSA) is 79.0 Å². The molecule has 2 heterocycles. The number of aromatic nitrogens is 3. The second kappa shape index (κ2) is 6.80. The lowest BCUT2D eigenvalue weighted by Crippen LogP contribution is -2.32. The number of rotatable bonds is 4. The van der Waals surface area contributed by atoms with E-state index in [9.17, 15) is 9.59 Å². The van der Waals surface area contributed by atoms with Crippen molar-refractivity contribution in [3.8, 4) is 0 Å². The number of hydrogen-bond acceptors (Lipinski definition) is 4. The van der Waals surface area contributed by atoms with Crippen LogP contribution in [0.15, 0.2) is 47.4 Å². The molecule has 3 aromatic rings.